The molecule has 1 aliphatic carbocycles. The van der Waals surface area contributed by atoms with Crippen LogP contribution in [0.15, 0.2) is 41.8 Å². The van der Waals surface area contributed by atoms with Crippen molar-refractivity contribution >= 4 is 29.1 Å². The number of carbonyl (C=O) groups is 3. The number of carbonyl (C=O) groups excluding carboxylic acids is 3. The maximum absolute atomic E-state index is 12.6. The van der Waals surface area contributed by atoms with Crippen molar-refractivity contribution in [1.29, 1.82) is 0 Å². The summed E-state index contributed by atoms with van der Waals surface area (Å²) in [4.78, 5) is 40.9. The Morgan fingerprint density at radius 2 is 1.90 bits per heavy atom. The Morgan fingerprint density at radius 1 is 1.10 bits per heavy atom. The van der Waals surface area contributed by atoms with Crippen LogP contribution in [0.3, 0.4) is 0 Å². The van der Waals surface area contributed by atoms with Crippen LogP contribution in [0.5, 0.6) is 0 Å². The van der Waals surface area contributed by atoms with E-state index in [1.54, 1.807) is 11.3 Å². The van der Waals surface area contributed by atoms with Gasteiger partial charge < -0.3 is 15.5 Å². The molecule has 2 heterocycles. The number of nitrogens with one attached hydrogen (secondary N) is 2. The van der Waals surface area contributed by atoms with Gasteiger partial charge in [0, 0.05) is 43.3 Å². The minimum absolute atomic E-state index is 0.0101. The molecule has 1 atom stereocenters. The van der Waals surface area contributed by atoms with E-state index in [0.717, 1.165) is 24.8 Å². The predicted octanol–water partition coefficient (Wildman–Crippen LogP) is 2.42. The van der Waals surface area contributed by atoms with E-state index in [9.17, 15) is 14.4 Å². The van der Waals surface area contributed by atoms with Crippen LogP contribution in [0, 0.1) is 0 Å². The molecule has 1 aromatic heterocycles. The molecule has 0 spiro atoms. The van der Waals surface area contributed by atoms with E-state index in [1.165, 1.54) is 10.4 Å². The van der Waals surface area contributed by atoms with Gasteiger partial charge in [-0.2, -0.15) is 0 Å². The van der Waals surface area contributed by atoms with Crippen LogP contribution in [0.1, 0.15) is 41.7 Å². The van der Waals surface area contributed by atoms with E-state index in [1.807, 2.05) is 35.2 Å². The topological polar surface area (TPSA) is 78.5 Å². The van der Waals surface area contributed by atoms with Gasteiger partial charge in [0.2, 0.25) is 17.7 Å². The van der Waals surface area contributed by atoms with Crippen molar-refractivity contribution in [3.63, 3.8) is 0 Å². The maximum Gasteiger partial charge on any atom is 0.243 e. The van der Waals surface area contributed by atoms with Crippen molar-refractivity contribution < 1.29 is 14.4 Å². The standard InChI is InChI=1S/C23H27N3O3S/c27-21(8-9-22(28)26-12-10-20-17(15-26)11-13-30-20)25-19(23(29)24-18-6-7-18)14-16-4-2-1-3-5-16/h1-5,11,13,18-19H,6-10,12,14-15H2,(H,24,29)(H,25,27). The Kier molecular flexibility index (Phi) is 6.47. The normalized spacial score (nSPS) is 16.5. The molecule has 0 saturated heterocycles. The smallest absolute Gasteiger partial charge is 0.243 e. The Labute approximate surface area is 180 Å². The summed E-state index contributed by atoms with van der Waals surface area (Å²) in [7, 11) is 0. The number of rotatable bonds is 8. The van der Waals surface area contributed by atoms with Crippen LogP contribution in [-0.4, -0.2) is 41.2 Å². The Hall–Kier alpha value is -2.67. The maximum atomic E-state index is 12.6. The SMILES string of the molecule is O=C(CCC(=O)N1CCc2sccc2C1)NC(Cc1ccccc1)C(=O)NC1CC1. The molecular formula is C23H27N3O3S. The van der Waals surface area contributed by atoms with Gasteiger partial charge >= 0.3 is 0 Å². The number of hydrogen-bond acceptors (Lipinski definition) is 4. The first-order valence-electron chi connectivity index (χ1n) is 10.5. The largest absolute Gasteiger partial charge is 0.352 e. The second-order valence-electron chi connectivity index (χ2n) is 8.03. The van der Waals surface area contributed by atoms with E-state index in [-0.39, 0.29) is 36.6 Å². The number of fused-ring (bicyclic) bond motifs is 1. The molecule has 1 aliphatic heterocycles. The highest BCUT2D eigenvalue weighted by atomic mass is 32.1. The summed E-state index contributed by atoms with van der Waals surface area (Å²) in [6, 6.07) is 11.3. The first-order valence-corrected chi connectivity index (χ1v) is 11.4. The Morgan fingerprint density at radius 3 is 2.67 bits per heavy atom. The Balaban J connectivity index is 1.29. The van der Waals surface area contributed by atoms with Crippen molar-refractivity contribution in [3.05, 3.63) is 57.8 Å². The highest BCUT2D eigenvalue weighted by Gasteiger charge is 2.29. The van der Waals surface area contributed by atoms with Crippen molar-refractivity contribution in [3.8, 4) is 0 Å². The second kappa shape index (κ2) is 9.43. The van der Waals surface area contributed by atoms with Gasteiger partial charge in [0.05, 0.1) is 0 Å². The van der Waals surface area contributed by atoms with Gasteiger partial charge in [-0.15, -0.1) is 11.3 Å². The average molecular weight is 426 g/mol. The first kappa shape index (κ1) is 20.6. The molecule has 2 aromatic rings. The van der Waals surface area contributed by atoms with Crippen LogP contribution in [0.25, 0.3) is 0 Å². The third kappa shape index (κ3) is 5.48. The van der Waals surface area contributed by atoms with Crippen molar-refractivity contribution in [1.82, 2.24) is 15.5 Å². The molecule has 0 bridgehead atoms. The fourth-order valence-electron chi connectivity index (χ4n) is 3.69. The highest BCUT2D eigenvalue weighted by molar-refractivity contribution is 7.10. The molecule has 158 valence electrons. The first-order chi connectivity index (χ1) is 14.6. The Bertz CT molecular complexity index is 907. The van der Waals surface area contributed by atoms with E-state index in [0.29, 0.717) is 19.5 Å². The van der Waals surface area contributed by atoms with E-state index in [4.69, 9.17) is 0 Å². The summed E-state index contributed by atoms with van der Waals surface area (Å²) in [6.45, 7) is 1.33. The lowest BCUT2D eigenvalue weighted by Gasteiger charge is -2.27. The predicted molar refractivity (Wildman–Crippen MR) is 116 cm³/mol. The van der Waals surface area contributed by atoms with Gasteiger partial charge in [0.15, 0.2) is 0 Å². The summed E-state index contributed by atoms with van der Waals surface area (Å²) in [5.41, 5.74) is 2.20. The summed E-state index contributed by atoms with van der Waals surface area (Å²) in [5, 5.41) is 7.88. The fraction of sp³-hybridized carbons (Fsp3) is 0.435. The van der Waals surface area contributed by atoms with E-state index in [2.05, 4.69) is 22.1 Å². The minimum atomic E-state index is -0.626. The number of amides is 3. The third-order valence-corrected chi connectivity index (χ3v) is 6.61. The zero-order valence-electron chi connectivity index (χ0n) is 16.9. The zero-order valence-corrected chi connectivity index (χ0v) is 17.7. The lowest BCUT2D eigenvalue weighted by atomic mass is 10.0. The van der Waals surface area contributed by atoms with Gasteiger partial charge in [-0.25, -0.2) is 0 Å². The number of benzene rings is 1. The lowest BCUT2D eigenvalue weighted by molar-refractivity contribution is -0.135. The molecule has 2 aliphatic rings. The van der Waals surface area contributed by atoms with Crippen LogP contribution >= 0.6 is 11.3 Å². The van der Waals surface area contributed by atoms with Crippen molar-refractivity contribution in [2.45, 2.75) is 57.2 Å². The van der Waals surface area contributed by atoms with Gasteiger partial charge in [0.1, 0.15) is 6.04 Å². The number of thiophene rings is 1. The highest BCUT2D eigenvalue weighted by Crippen LogP contribution is 2.24. The molecule has 1 aromatic carbocycles. The molecule has 4 rings (SSSR count). The van der Waals surface area contributed by atoms with Crippen LogP contribution in [-0.2, 0) is 33.8 Å². The molecule has 1 fully saturated rings. The molecule has 1 saturated carbocycles. The molecule has 30 heavy (non-hydrogen) atoms. The molecule has 6 nitrogen and oxygen atoms in total. The van der Waals surface area contributed by atoms with Gasteiger partial charge in [-0.3, -0.25) is 14.4 Å². The average Bonchev–Trinajstić information content (AvgIpc) is 3.44. The minimum Gasteiger partial charge on any atom is -0.352 e. The summed E-state index contributed by atoms with van der Waals surface area (Å²) in [5.74, 6) is -0.422. The second-order valence-corrected chi connectivity index (χ2v) is 9.03. The van der Waals surface area contributed by atoms with Crippen LogP contribution in [0.4, 0.5) is 0 Å². The molecule has 2 N–H and O–H groups in total. The third-order valence-electron chi connectivity index (χ3n) is 5.58. The summed E-state index contributed by atoms with van der Waals surface area (Å²) < 4.78 is 0. The van der Waals surface area contributed by atoms with Gasteiger partial charge in [0.25, 0.3) is 0 Å². The molecule has 3 amide bonds. The summed E-state index contributed by atoms with van der Waals surface area (Å²) in [6.07, 6.45) is 3.56. The van der Waals surface area contributed by atoms with E-state index >= 15 is 0 Å². The molecule has 1 unspecified atom stereocenters. The van der Waals surface area contributed by atoms with Gasteiger partial charge in [-0.1, -0.05) is 30.3 Å². The molecular weight excluding hydrogens is 398 g/mol. The van der Waals surface area contributed by atoms with E-state index < -0.39 is 6.04 Å². The quantitative estimate of drug-likeness (QED) is 0.682. The van der Waals surface area contributed by atoms with Crippen molar-refractivity contribution in [2.24, 2.45) is 0 Å². The fourth-order valence-corrected chi connectivity index (χ4v) is 4.58. The number of hydrogen-bond donors (Lipinski definition) is 2. The molecule has 7 heteroatoms. The van der Waals surface area contributed by atoms with Crippen LogP contribution in [0.2, 0.25) is 0 Å². The van der Waals surface area contributed by atoms with Crippen molar-refractivity contribution in [2.75, 3.05) is 6.54 Å². The summed E-state index contributed by atoms with van der Waals surface area (Å²) >= 11 is 1.74. The van der Waals surface area contributed by atoms with Gasteiger partial charge in [-0.05, 0) is 41.8 Å². The number of nitrogens with zero attached hydrogens (tertiary/aromatic N) is 1. The lowest BCUT2D eigenvalue weighted by Crippen LogP contribution is -2.48. The molecule has 0 radical (unpaired) electrons. The monoisotopic (exact) mass is 425 g/mol. The van der Waals surface area contributed by atoms with Crippen LogP contribution < -0.4 is 10.6 Å². The zero-order chi connectivity index (χ0) is 20.9.